The van der Waals surface area contributed by atoms with Gasteiger partial charge in [0.1, 0.15) is 0 Å². The second-order valence-corrected chi connectivity index (χ2v) is 10.3. The lowest BCUT2D eigenvalue weighted by Gasteiger charge is -2.17. The normalized spacial score (nSPS) is 11.9. The van der Waals surface area contributed by atoms with E-state index in [0.717, 1.165) is 22.9 Å². The highest BCUT2D eigenvalue weighted by Crippen LogP contribution is 2.27. The average molecular weight is 541 g/mol. The molecule has 1 unspecified atom stereocenters. The number of rotatable bonds is 13. The largest absolute Gasteiger partial charge is 0.479 e. The van der Waals surface area contributed by atoms with Crippen LogP contribution in [0.4, 0.5) is 5.69 Å². The smallest absolute Gasteiger partial charge is 0.330 e. The number of ketones is 1. The molecule has 4 rings (SSSR count). The van der Waals surface area contributed by atoms with E-state index in [1.54, 1.807) is 31.2 Å². The molecule has 1 heterocycles. The lowest BCUT2D eigenvalue weighted by molar-refractivity contribution is -0.143. The number of carboxylic acids is 1. The molecule has 0 fully saturated rings. The van der Waals surface area contributed by atoms with Crippen molar-refractivity contribution < 1.29 is 24.2 Å². The van der Waals surface area contributed by atoms with E-state index in [0.29, 0.717) is 54.3 Å². The molecule has 0 saturated carbocycles. The summed E-state index contributed by atoms with van der Waals surface area (Å²) < 4.78 is 7.02. The van der Waals surface area contributed by atoms with E-state index in [-0.39, 0.29) is 11.8 Å². The zero-order chi connectivity index (χ0) is 28.6. The number of nitrogens with zero attached hydrogens (tertiary/aromatic N) is 1. The molecule has 0 aliphatic heterocycles. The second kappa shape index (κ2) is 13.1. The Kier molecular flexibility index (Phi) is 9.38. The molecule has 7 nitrogen and oxygen atoms in total. The fraction of sp³-hybridized carbons (Fsp3) is 0.303. The fourth-order valence-corrected chi connectivity index (χ4v) is 4.92. The lowest BCUT2D eigenvalue weighted by atomic mass is 9.99. The minimum absolute atomic E-state index is 0.158. The van der Waals surface area contributed by atoms with Crippen molar-refractivity contribution in [3.63, 3.8) is 0 Å². The van der Waals surface area contributed by atoms with Gasteiger partial charge in [-0.15, -0.1) is 0 Å². The van der Waals surface area contributed by atoms with Gasteiger partial charge in [0.25, 0.3) is 0 Å². The van der Waals surface area contributed by atoms with Crippen LogP contribution < -0.4 is 5.32 Å². The van der Waals surface area contributed by atoms with Crippen LogP contribution in [0.15, 0.2) is 79.0 Å². The molecular weight excluding hydrogens is 504 g/mol. The quantitative estimate of drug-likeness (QED) is 0.146. The van der Waals surface area contributed by atoms with Crippen LogP contribution in [0.2, 0.25) is 0 Å². The number of hydrogen-bond acceptors (Lipinski definition) is 5. The van der Waals surface area contributed by atoms with E-state index in [4.69, 9.17) is 4.74 Å². The maximum atomic E-state index is 13.7. The Bertz CT molecular complexity index is 1490. The summed E-state index contributed by atoms with van der Waals surface area (Å²) in [6.45, 7) is 7.01. The Morgan fingerprint density at radius 3 is 2.42 bits per heavy atom. The van der Waals surface area contributed by atoms with Gasteiger partial charge in [-0.3, -0.25) is 9.59 Å². The van der Waals surface area contributed by atoms with Crippen molar-refractivity contribution in [3.05, 3.63) is 101 Å². The van der Waals surface area contributed by atoms with Gasteiger partial charge in [-0.25, -0.2) is 4.79 Å². The SMILES string of the molecule is CCOC(=O)CCCn1cc(C(=O)c2cccc(NC(C(=O)O)c3ccc(CC(C)C)cc3)c2)c2ccccc21. The summed E-state index contributed by atoms with van der Waals surface area (Å²) in [4.78, 5) is 37.6. The van der Waals surface area contributed by atoms with Crippen molar-refractivity contribution in [3.8, 4) is 0 Å². The number of anilines is 1. The van der Waals surface area contributed by atoms with Crippen LogP contribution in [0.3, 0.4) is 0 Å². The molecule has 3 aromatic carbocycles. The van der Waals surface area contributed by atoms with E-state index >= 15 is 0 Å². The molecule has 2 N–H and O–H groups in total. The van der Waals surface area contributed by atoms with Crippen molar-refractivity contribution >= 4 is 34.3 Å². The zero-order valence-electron chi connectivity index (χ0n) is 23.2. The number of carbonyl (C=O) groups is 3. The number of nitrogens with one attached hydrogen (secondary N) is 1. The Morgan fingerprint density at radius 1 is 0.975 bits per heavy atom. The third kappa shape index (κ3) is 6.97. The number of aliphatic carboxylic acids is 1. The lowest BCUT2D eigenvalue weighted by Crippen LogP contribution is -2.20. The molecule has 40 heavy (non-hydrogen) atoms. The number of esters is 1. The van der Waals surface area contributed by atoms with Crippen LogP contribution in [-0.2, 0) is 27.3 Å². The molecule has 0 bridgehead atoms. The minimum atomic E-state index is -1.00. The Labute approximate surface area is 234 Å². The summed E-state index contributed by atoms with van der Waals surface area (Å²) in [6, 6.07) is 21.3. The third-order valence-corrected chi connectivity index (χ3v) is 6.76. The molecule has 1 atom stereocenters. The van der Waals surface area contributed by atoms with Crippen LogP contribution >= 0.6 is 0 Å². The Morgan fingerprint density at radius 2 is 1.73 bits per heavy atom. The first kappa shape index (κ1) is 28.6. The van der Waals surface area contributed by atoms with Crippen LogP contribution in [0.1, 0.15) is 66.7 Å². The van der Waals surface area contributed by atoms with E-state index < -0.39 is 12.0 Å². The molecule has 0 amide bonds. The van der Waals surface area contributed by atoms with E-state index in [1.807, 2.05) is 59.3 Å². The summed E-state index contributed by atoms with van der Waals surface area (Å²) >= 11 is 0. The van der Waals surface area contributed by atoms with E-state index in [9.17, 15) is 19.5 Å². The maximum Gasteiger partial charge on any atom is 0.330 e. The Hall–Kier alpha value is -4.39. The first-order valence-electron chi connectivity index (χ1n) is 13.7. The van der Waals surface area contributed by atoms with Crippen molar-refractivity contribution in [1.82, 2.24) is 4.57 Å². The second-order valence-electron chi connectivity index (χ2n) is 10.3. The van der Waals surface area contributed by atoms with Crippen LogP contribution in [0, 0.1) is 5.92 Å². The van der Waals surface area contributed by atoms with Crippen LogP contribution in [-0.4, -0.2) is 34.0 Å². The highest BCUT2D eigenvalue weighted by atomic mass is 16.5. The maximum absolute atomic E-state index is 13.7. The molecule has 0 radical (unpaired) electrons. The first-order valence-corrected chi connectivity index (χ1v) is 13.7. The molecule has 208 valence electrons. The van der Waals surface area contributed by atoms with Gasteiger partial charge in [-0.2, -0.15) is 0 Å². The molecule has 4 aromatic rings. The third-order valence-electron chi connectivity index (χ3n) is 6.76. The number of benzene rings is 3. The van der Waals surface area contributed by atoms with Gasteiger partial charge in [0.05, 0.1) is 6.61 Å². The number of carboxylic acid groups (broad SMARTS) is 1. The highest BCUT2D eigenvalue weighted by molar-refractivity contribution is 6.16. The van der Waals surface area contributed by atoms with E-state index in [1.165, 1.54) is 0 Å². The van der Waals surface area contributed by atoms with Crippen molar-refractivity contribution in [2.24, 2.45) is 5.92 Å². The van der Waals surface area contributed by atoms with Gasteiger partial charge in [0.15, 0.2) is 11.8 Å². The number of para-hydroxylation sites is 1. The summed E-state index contributed by atoms with van der Waals surface area (Å²) in [6.07, 6.45) is 3.66. The van der Waals surface area contributed by atoms with Gasteiger partial charge in [-0.05, 0) is 55.0 Å². The molecule has 1 aromatic heterocycles. The zero-order valence-corrected chi connectivity index (χ0v) is 23.2. The molecular formula is C33H36N2O5. The summed E-state index contributed by atoms with van der Waals surface area (Å²) in [5.74, 6) is -0.878. The van der Waals surface area contributed by atoms with Gasteiger partial charge in [0, 0.05) is 46.9 Å². The number of carbonyl (C=O) groups excluding carboxylic acids is 2. The van der Waals surface area contributed by atoms with Gasteiger partial charge >= 0.3 is 11.9 Å². The highest BCUT2D eigenvalue weighted by Gasteiger charge is 2.21. The number of aromatic nitrogens is 1. The fourth-order valence-electron chi connectivity index (χ4n) is 4.92. The summed E-state index contributed by atoms with van der Waals surface area (Å²) in [7, 11) is 0. The van der Waals surface area contributed by atoms with Crippen molar-refractivity contribution in [2.75, 3.05) is 11.9 Å². The summed E-state index contributed by atoms with van der Waals surface area (Å²) in [5.41, 5.74) is 4.27. The monoisotopic (exact) mass is 540 g/mol. The Balaban J connectivity index is 1.55. The number of ether oxygens (including phenoxy) is 1. The molecule has 0 aliphatic rings. The number of aryl methyl sites for hydroxylation is 1. The summed E-state index contributed by atoms with van der Waals surface area (Å²) in [5, 5.41) is 13.9. The van der Waals surface area contributed by atoms with Crippen LogP contribution in [0.25, 0.3) is 10.9 Å². The standard InChI is InChI=1S/C33H36N2O5/c1-4-40-30(36)13-8-18-35-21-28(27-11-5-6-12-29(27)35)32(37)25-9-7-10-26(20-25)34-31(33(38)39)24-16-14-23(15-17-24)19-22(2)3/h5-7,9-12,14-17,20-22,31,34H,4,8,13,18-19H2,1-3H3,(H,38,39). The van der Waals surface area contributed by atoms with Crippen molar-refractivity contribution in [1.29, 1.82) is 0 Å². The van der Waals surface area contributed by atoms with Gasteiger partial charge in [0.2, 0.25) is 0 Å². The topological polar surface area (TPSA) is 97.6 Å². The minimum Gasteiger partial charge on any atom is -0.479 e. The number of fused-ring (bicyclic) bond motifs is 1. The van der Waals surface area contributed by atoms with Crippen LogP contribution in [0.5, 0.6) is 0 Å². The van der Waals surface area contributed by atoms with Gasteiger partial charge < -0.3 is 19.7 Å². The molecule has 0 aliphatic carbocycles. The average Bonchev–Trinajstić information content (AvgIpc) is 3.30. The first-order chi connectivity index (χ1) is 19.3. The predicted molar refractivity (Wildman–Crippen MR) is 157 cm³/mol. The van der Waals surface area contributed by atoms with Gasteiger partial charge in [-0.1, -0.05) is 68.4 Å². The molecule has 0 saturated heterocycles. The predicted octanol–water partition coefficient (Wildman–Crippen LogP) is 6.65. The molecule has 7 heteroatoms. The van der Waals surface area contributed by atoms with Crippen molar-refractivity contribution in [2.45, 2.75) is 52.6 Å². The number of hydrogen-bond donors (Lipinski definition) is 2. The molecule has 0 spiro atoms. The van der Waals surface area contributed by atoms with E-state index in [2.05, 4.69) is 19.2 Å².